The summed E-state index contributed by atoms with van der Waals surface area (Å²) in [4.78, 5) is 25.2. The Kier molecular flexibility index (Phi) is 4.77. The molecule has 2 heterocycles. The topological polar surface area (TPSA) is 62.6 Å². The van der Waals surface area contributed by atoms with E-state index in [1.165, 1.54) is 30.4 Å². The van der Waals surface area contributed by atoms with Crippen LogP contribution >= 0.6 is 0 Å². The Bertz CT molecular complexity index is 528. The molecular weight excluding hydrogens is 301 g/mol. The molecule has 1 aliphatic rings. The number of nitrogens with one attached hydrogen (secondary N) is 1. The maximum atomic E-state index is 12.8. The number of halogens is 3. The number of carbonyl (C=O) groups excluding carboxylic acids is 2. The summed E-state index contributed by atoms with van der Waals surface area (Å²) in [5.41, 5.74) is 0.256. The molecule has 22 heavy (non-hydrogen) atoms. The quantitative estimate of drug-likeness (QED) is 0.929. The van der Waals surface area contributed by atoms with Gasteiger partial charge in [0.15, 0.2) is 0 Å². The number of nitrogens with zero attached hydrogens (tertiary/aromatic N) is 1. The Hall–Kier alpha value is -1.99. The van der Waals surface area contributed by atoms with Crippen LogP contribution in [0.3, 0.4) is 0 Å². The summed E-state index contributed by atoms with van der Waals surface area (Å²) in [6.07, 6.45) is -1.42. The maximum absolute atomic E-state index is 12.8. The van der Waals surface area contributed by atoms with Crippen LogP contribution in [-0.4, -0.2) is 42.0 Å². The molecule has 0 saturated carbocycles. The lowest BCUT2D eigenvalue weighted by Crippen LogP contribution is -2.51. The molecule has 0 bridgehead atoms. The largest absolute Gasteiger partial charge is 0.472 e. The minimum atomic E-state index is -4.30. The van der Waals surface area contributed by atoms with Gasteiger partial charge in [-0.25, -0.2) is 0 Å². The van der Waals surface area contributed by atoms with Gasteiger partial charge in [-0.1, -0.05) is 0 Å². The molecule has 1 aromatic rings. The highest BCUT2D eigenvalue weighted by Gasteiger charge is 2.43. The molecule has 2 amide bonds. The molecule has 0 aromatic carbocycles. The summed E-state index contributed by atoms with van der Waals surface area (Å²) >= 11 is 0. The first kappa shape index (κ1) is 16.4. The van der Waals surface area contributed by atoms with Crippen LogP contribution in [0, 0.1) is 5.92 Å². The van der Waals surface area contributed by atoms with Crippen molar-refractivity contribution in [2.45, 2.75) is 32.0 Å². The molecular formula is C14H17F3N2O3. The predicted molar refractivity (Wildman–Crippen MR) is 71.0 cm³/mol. The Morgan fingerprint density at radius 1 is 1.45 bits per heavy atom. The van der Waals surface area contributed by atoms with Gasteiger partial charge in [-0.05, 0) is 25.8 Å². The van der Waals surface area contributed by atoms with Crippen molar-refractivity contribution < 1.29 is 27.2 Å². The van der Waals surface area contributed by atoms with Crippen molar-refractivity contribution in [3.05, 3.63) is 24.2 Å². The summed E-state index contributed by atoms with van der Waals surface area (Å²) < 4.78 is 43.0. The van der Waals surface area contributed by atoms with Gasteiger partial charge in [-0.2, -0.15) is 13.2 Å². The lowest BCUT2D eigenvalue weighted by atomic mass is 9.97. The van der Waals surface area contributed by atoms with E-state index in [0.717, 1.165) is 0 Å². The van der Waals surface area contributed by atoms with Crippen molar-refractivity contribution in [3.63, 3.8) is 0 Å². The Morgan fingerprint density at radius 3 is 2.77 bits per heavy atom. The monoisotopic (exact) mass is 318 g/mol. The van der Waals surface area contributed by atoms with Gasteiger partial charge in [0.05, 0.1) is 17.7 Å². The first-order valence-corrected chi connectivity index (χ1v) is 6.97. The first-order valence-electron chi connectivity index (χ1n) is 6.97. The average Bonchev–Trinajstić information content (AvgIpc) is 3.00. The highest BCUT2D eigenvalue weighted by atomic mass is 19.4. The van der Waals surface area contributed by atoms with Crippen molar-refractivity contribution in [1.29, 1.82) is 0 Å². The highest BCUT2D eigenvalue weighted by molar-refractivity contribution is 5.97. The molecule has 1 aromatic heterocycles. The molecule has 0 spiro atoms. The lowest BCUT2D eigenvalue weighted by molar-refractivity contribution is -0.188. The molecule has 0 aliphatic carbocycles. The summed E-state index contributed by atoms with van der Waals surface area (Å²) in [5, 5.41) is 2.46. The standard InChI is InChI=1S/C14H17F3N2O3/c1-9(18-12(20)10-4-6-22-8-10)13(21)19-5-2-3-11(7-19)14(15,16)17/h4,6,8-9,11H,2-3,5,7H2,1H3,(H,18,20)/t9-,11-/m0/s1. The second kappa shape index (κ2) is 6.41. The molecule has 0 unspecified atom stereocenters. The fourth-order valence-corrected chi connectivity index (χ4v) is 2.45. The van der Waals surface area contributed by atoms with E-state index in [1.807, 2.05) is 0 Å². The van der Waals surface area contributed by atoms with E-state index in [4.69, 9.17) is 4.42 Å². The molecule has 122 valence electrons. The number of furan rings is 1. The number of likely N-dealkylation sites (tertiary alicyclic amines) is 1. The molecule has 2 rings (SSSR count). The van der Waals surface area contributed by atoms with Gasteiger partial charge in [0.1, 0.15) is 12.3 Å². The van der Waals surface area contributed by atoms with E-state index in [-0.39, 0.29) is 25.1 Å². The number of amides is 2. The van der Waals surface area contributed by atoms with Crippen molar-refractivity contribution in [1.82, 2.24) is 10.2 Å². The zero-order valence-electron chi connectivity index (χ0n) is 12.0. The average molecular weight is 318 g/mol. The van der Waals surface area contributed by atoms with Crippen LogP contribution in [0.4, 0.5) is 13.2 Å². The van der Waals surface area contributed by atoms with E-state index in [0.29, 0.717) is 6.42 Å². The number of rotatable bonds is 3. The zero-order valence-corrected chi connectivity index (χ0v) is 12.0. The minimum Gasteiger partial charge on any atom is -0.472 e. The van der Waals surface area contributed by atoms with Crippen LogP contribution in [0.5, 0.6) is 0 Å². The first-order chi connectivity index (χ1) is 10.3. The fourth-order valence-electron chi connectivity index (χ4n) is 2.45. The number of hydrogen-bond acceptors (Lipinski definition) is 3. The molecule has 2 atom stereocenters. The number of carbonyl (C=O) groups is 2. The smallest absolute Gasteiger partial charge is 0.393 e. The van der Waals surface area contributed by atoms with Gasteiger partial charge in [0.25, 0.3) is 5.91 Å². The van der Waals surface area contributed by atoms with Crippen LogP contribution in [0.15, 0.2) is 23.0 Å². The van der Waals surface area contributed by atoms with Gasteiger partial charge < -0.3 is 14.6 Å². The molecule has 1 fully saturated rings. The van der Waals surface area contributed by atoms with Gasteiger partial charge in [0, 0.05) is 13.1 Å². The predicted octanol–water partition coefficient (Wildman–Crippen LogP) is 2.20. The summed E-state index contributed by atoms with van der Waals surface area (Å²) in [6.45, 7) is 1.38. The summed E-state index contributed by atoms with van der Waals surface area (Å²) in [5.74, 6) is -2.51. The second-order valence-electron chi connectivity index (χ2n) is 5.37. The Labute approximate surface area is 125 Å². The molecule has 8 heteroatoms. The third kappa shape index (κ3) is 3.80. The van der Waals surface area contributed by atoms with Crippen molar-refractivity contribution in [2.24, 2.45) is 5.92 Å². The maximum Gasteiger partial charge on any atom is 0.393 e. The Balaban J connectivity index is 1.94. The Morgan fingerprint density at radius 2 is 2.18 bits per heavy atom. The van der Waals surface area contributed by atoms with Crippen LogP contribution in [0.25, 0.3) is 0 Å². The van der Waals surface area contributed by atoms with Gasteiger partial charge in [-0.3, -0.25) is 9.59 Å². The highest BCUT2D eigenvalue weighted by Crippen LogP contribution is 2.33. The van der Waals surface area contributed by atoms with Gasteiger partial charge in [0.2, 0.25) is 5.91 Å². The fraction of sp³-hybridized carbons (Fsp3) is 0.571. The van der Waals surface area contributed by atoms with E-state index in [2.05, 4.69) is 5.32 Å². The van der Waals surface area contributed by atoms with Gasteiger partial charge >= 0.3 is 6.18 Å². The lowest BCUT2D eigenvalue weighted by Gasteiger charge is -2.35. The van der Waals surface area contributed by atoms with E-state index in [1.54, 1.807) is 0 Å². The van der Waals surface area contributed by atoms with Crippen LogP contribution in [0.1, 0.15) is 30.1 Å². The molecule has 1 aliphatic heterocycles. The second-order valence-corrected chi connectivity index (χ2v) is 5.37. The van der Waals surface area contributed by atoms with Crippen molar-refractivity contribution in [3.8, 4) is 0 Å². The van der Waals surface area contributed by atoms with E-state index < -0.39 is 30.0 Å². The number of piperidine rings is 1. The van der Waals surface area contributed by atoms with Gasteiger partial charge in [-0.15, -0.1) is 0 Å². The third-order valence-electron chi connectivity index (χ3n) is 3.70. The van der Waals surface area contributed by atoms with Crippen LogP contribution in [-0.2, 0) is 4.79 Å². The summed E-state index contributed by atoms with van der Waals surface area (Å²) in [6, 6.07) is 0.544. The normalized spacial score (nSPS) is 20.5. The summed E-state index contributed by atoms with van der Waals surface area (Å²) in [7, 11) is 0. The van der Waals surface area contributed by atoms with Crippen molar-refractivity contribution in [2.75, 3.05) is 13.1 Å². The zero-order chi connectivity index (χ0) is 16.3. The SMILES string of the molecule is C[C@H](NC(=O)c1ccoc1)C(=O)N1CCC[C@H](C(F)(F)F)C1. The minimum absolute atomic E-state index is 0.0308. The van der Waals surface area contributed by atoms with E-state index in [9.17, 15) is 22.8 Å². The molecule has 0 radical (unpaired) electrons. The van der Waals surface area contributed by atoms with Crippen LogP contribution in [0.2, 0.25) is 0 Å². The number of alkyl halides is 3. The molecule has 5 nitrogen and oxygen atoms in total. The van der Waals surface area contributed by atoms with Crippen LogP contribution < -0.4 is 5.32 Å². The molecule has 1 N–H and O–H groups in total. The third-order valence-corrected chi connectivity index (χ3v) is 3.70. The van der Waals surface area contributed by atoms with E-state index >= 15 is 0 Å². The van der Waals surface area contributed by atoms with Crippen molar-refractivity contribution >= 4 is 11.8 Å². The number of hydrogen-bond donors (Lipinski definition) is 1. The molecule has 1 saturated heterocycles.